The van der Waals surface area contributed by atoms with Gasteiger partial charge >= 0.3 is 11.9 Å². The fraction of sp³-hybridized carbons (Fsp3) is 0.318. The molecule has 0 heterocycles. The van der Waals surface area contributed by atoms with Crippen LogP contribution in [0, 0.1) is 0 Å². The predicted octanol–water partition coefficient (Wildman–Crippen LogP) is 2.96. The van der Waals surface area contributed by atoms with Crippen LogP contribution in [-0.4, -0.2) is 45.7 Å². The van der Waals surface area contributed by atoms with Crippen LogP contribution in [0.15, 0.2) is 42.5 Å². The van der Waals surface area contributed by atoms with Gasteiger partial charge in [0.05, 0.1) is 26.4 Å². The molecule has 160 valence electrons. The van der Waals surface area contributed by atoms with Crippen LogP contribution in [0.1, 0.15) is 28.8 Å². The van der Waals surface area contributed by atoms with Crippen molar-refractivity contribution in [2.24, 2.45) is 0 Å². The van der Waals surface area contributed by atoms with Gasteiger partial charge in [-0.1, -0.05) is 18.2 Å². The largest absolute Gasteiger partial charge is 0.493 e. The van der Waals surface area contributed by atoms with Gasteiger partial charge in [0.1, 0.15) is 23.9 Å². The summed E-state index contributed by atoms with van der Waals surface area (Å²) in [6.07, 6.45) is 1.38. The molecule has 0 fully saturated rings. The van der Waals surface area contributed by atoms with Crippen LogP contribution < -0.4 is 14.2 Å². The van der Waals surface area contributed by atoms with E-state index >= 15 is 0 Å². The molecular formula is C22H24O8. The zero-order valence-electron chi connectivity index (χ0n) is 16.9. The molecule has 2 rings (SSSR count). The summed E-state index contributed by atoms with van der Waals surface area (Å²) in [6.45, 7) is 0.230. The highest BCUT2D eigenvalue weighted by molar-refractivity contribution is 5.79. The predicted molar refractivity (Wildman–Crippen MR) is 107 cm³/mol. The number of aldehydes is 1. The Morgan fingerprint density at radius 2 is 1.67 bits per heavy atom. The summed E-state index contributed by atoms with van der Waals surface area (Å²) < 4.78 is 26.0. The highest BCUT2D eigenvalue weighted by Crippen LogP contribution is 2.26. The topological polar surface area (TPSA) is 97.4 Å². The van der Waals surface area contributed by atoms with Crippen molar-refractivity contribution < 1.29 is 38.1 Å². The summed E-state index contributed by atoms with van der Waals surface area (Å²) in [7, 11) is 2.62. The maximum atomic E-state index is 11.3. The highest BCUT2D eigenvalue weighted by Gasteiger charge is 2.10. The maximum absolute atomic E-state index is 11.3. The second-order valence-corrected chi connectivity index (χ2v) is 6.11. The van der Waals surface area contributed by atoms with Gasteiger partial charge in [0.25, 0.3) is 0 Å². The third-order valence-electron chi connectivity index (χ3n) is 4.06. The van der Waals surface area contributed by atoms with Crippen molar-refractivity contribution in [1.29, 1.82) is 0 Å². The first-order chi connectivity index (χ1) is 14.6. The third kappa shape index (κ3) is 7.12. The number of esters is 2. The highest BCUT2D eigenvalue weighted by atomic mass is 16.6. The first-order valence-electron chi connectivity index (χ1n) is 9.26. The Labute approximate surface area is 174 Å². The zero-order valence-corrected chi connectivity index (χ0v) is 16.9. The molecule has 0 saturated carbocycles. The molecule has 30 heavy (non-hydrogen) atoms. The second kappa shape index (κ2) is 12.1. The lowest BCUT2D eigenvalue weighted by Gasteiger charge is -2.13. The Bertz CT molecular complexity index is 862. The lowest BCUT2D eigenvalue weighted by molar-refractivity contribution is -0.143. The molecule has 0 spiro atoms. The van der Waals surface area contributed by atoms with Crippen molar-refractivity contribution in [3.8, 4) is 17.2 Å². The fourth-order valence-corrected chi connectivity index (χ4v) is 2.45. The molecule has 0 aliphatic heterocycles. The Morgan fingerprint density at radius 1 is 0.900 bits per heavy atom. The van der Waals surface area contributed by atoms with Gasteiger partial charge in [-0.2, -0.15) is 0 Å². The van der Waals surface area contributed by atoms with Crippen molar-refractivity contribution in [3.05, 3.63) is 53.6 Å². The van der Waals surface area contributed by atoms with Gasteiger partial charge in [-0.25, -0.2) is 4.79 Å². The normalized spacial score (nSPS) is 10.1. The molecule has 0 unspecified atom stereocenters. The Morgan fingerprint density at radius 3 is 2.40 bits per heavy atom. The fourth-order valence-electron chi connectivity index (χ4n) is 2.45. The third-order valence-corrected chi connectivity index (χ3v) is 4.06. The zero-order chi connectivity index (χ0) is 21.8. The van der Waals surface area contributed by atoms with Gasteiger partial charge in [0.15, 0.2) is 12.9 Å². The monoisotopic (exact) mass is 416 g/mol. The molecule has 0 saturated heterocycles. The van der Waals surface area contributed by atoms with E-state index in [2.05, 4.69) is 9.47 Å². The molecule has 2 aromatic rings. The standard InChI is InChI=1S/C22H24O8/c1-26-21(24)8-5-11-28-20-12-18(10-9-16(20)13-23)29-14-17-6-3-4-7-19(17)30-15-22(25)27-2/h3-4,6-7,9-10,12-13H,5,8,11,14-15H2,1-2H3. The molecule has 0 bridgehead atoms. The van der Waals surface area contributed by atoms with Crippen molar-refractivity contribution in [1.82, 2.24) is 0 Å². The number of carbonyl (C=O) groups is 3. The smallest absolute Gasteiger partial charge is 0.343 e. The molecule has 0 aromatic heterocycles. The summed E-state index contributed by atoms with van der Waals surface area (Å²) in [5, 5.41) is 0. The minimum absolute atomic E-state index is 0.180. The number of methoxy groups -OCH3 is 2. The average molecular weight is 416 g/mol. The quantitative estimate of drug-likeness (QED) is 0.296. The first kappa shape index (κ1) is 22.7. The van der Waals surface area contributed by atoms with E-state index in [1.165, 1.54) is 14.2 Å². The number of ether oxygens (including phenoxy) is 5. The van der Waals surface area contributed by atoms with Gasteiger partial charge in [0.2, 0.25) is 0 Å². The van der Waals surface area contributed by atoms with Gasteiger partial charge in [-0.3, -0.25) is 9.59 Å². The summed E-state index contributed by atoms with van der Waals surface area (Å²) in [6, 6.07) is 12.0. The summed E-state index contributed by atoms with van der Waals surface area (Å²) in [4.78, 5) is 33.7. The number of para-hydroxylation sites is 1. The molecule has 0 radical (unpaired) electrons. The van der Waals surface area contributed by atoms with Crippen LogP contribution in [-0.2, 0) is 25.7 Å². The van der Waals surface area contributed by atoms with E-state index in [1.807, 2.05) is 12.1 Å². The number of benzene rings is 2. The number of carbonyl (C=O) groups excluding carboxylic acids is 3. The van der Waals surface area contributed by atoms with E-state index < -0.39 is 5.97 Å². The van der Waals surface area contributed by atoms with E-state index in [0.717, 1.165) is 5.56 Å². The Kier molecular flexibility index (Phi) is 9.18. The van der Waals surface area contributed by atoms with Crippen LogP contribution in [0.4, 0.5) is 0 Å². The van der Waals surface area contributed by atoms with E-state index in [9.17, 15) is 14.4 Å². The van der Waals surface area contributed by atoms with Crippen LogP contribution in [0.3, 0.4) is 0 Å². The van der Waals surface area contributed by atoms with E-state index in [-0.39, 0.29) is 32.2 Å². The maximum Gasteiger partial charge on any atom is 0.343 e. The lowest BCUT2D eigenvalue weighted by atomic mass is 10.2. The number of hydrogen-bond acceptors (Lipinski definition) is 8. The first-order valence-corrected chi connectivity index (χ1v) is 9.26. The molecular weight excluding hydrogens is 392 g/mol. The van der Waals surface area contributed by atoms with Gasteiger partial charge in [-0.15, -0.1) is 0 Å². The number of rotatable bonds is 12. The summed E-state index contributed by atoms with van der Waals surface area (Å²) in [5.74, 6) is 0.559. The van der Waals surface area contributed by atoms with Crippen molar-refractivity contribution in [3.63, 3.8) is 0 Å². The SMILES string of the molecule is COC(=O)CCCOc1cc(OCc2ccccc2OCC(=O)OC)ccc1C=O. The number of hydrogen-bond donors (Lipinski definition) is 0. The minimum Gasteiger partial charge on any atom is -0.493 e. The van der Waals surface area contributed by atoms with Crippen LogP contribution in [0.25, 0.3) is 0 Å². The molecule has 0 atom stereocenters. The molecule has 0 amide bonds. The summed E-state index contributed by atoms with van der Waals surface area (Å²) >= 11 is 0. The molecule has 8 nitrogen and oxygen atoms in total. The lowest BCUT2D eigenvalue weighted by Crippen LogP contribution is -2.13. The summed E-state index contributed by atoms with van der Waals surface area (Å²) in [5.41, 5.74) is 1.11. The van der Waals surface area contributed by atoms with E-state index in [1.54, 1.807) is 30.3 Å². The van der Waals surface area contributed by atoms with Crippen molar-refractivity contribution in [2.75, 3.05) is 27.4 Å². The molecule has 2 aromatic carbocycles. The van der Waals surface area contributed by atoms with E-state index in [4.69, 9.17) is 14.2 Å². The Balaban J connectivity index is 1.99. The van der Waals surface area contributed by atoms with Gasteiger partial charge in [0, 0.05) is 18.1 Å². The van der Waals surface area contributed by atoms with Crippen LogP contribution >= 0.6 is 0 Å². The van der Waals surface area contributed by atoms with Gasteiger partial charge in [-0.05, 0) is 24.6 Å². The molecule has 0 aliphatic rings. The molecule has 0 aliphatic carbocycles. The molecule has 8 heteroatoms. The van der Waals surface area contributed by atoms with Crippen molar-refractivity contribution >= 4 is 18.2 Å². The second-order valence-electron chi connectivity index (χ2n) is 6.11. The van der Waals surface area contributed by atoms with Crippen LogP contribution in [0.2, 0.25) is 0 Å². The molecule has 0 N–H and O–H groups in total. The average Bonchev–Trinajstić information content (AvgIpc) is 2.79. The Hall–Kier alpha value is -3.55. The minimum atomic E-state index is -0.482. The van der Waals surface area contributed by atoms with Crippen LogP contribution in [0.5, 0.6) is 17.2 Å². The van der Waals surface area contributed by atoms with E-state index in [0.29, 0.717) is 35.5 Å². The van der Waals surface area contributed by atoms with Crippen molar-refractivity contribution in [2.45, 2.75) is 19.4 Å². The van der Waals surface area contributed by atoms with Gasteiger partial charge < -0.3 is 23.7 Å².